The number of aromatic nitrogens is 3. The number of nitrogen functional groups attached to an aromatic ring is 1. The molecule has 0 atom stereocenters. The third-order valence-corrected chi connectivity index (χ3v) is 1.80. The van der Waals surface area contributed by atoms with Gasteiger partial charge in [0.15, 0.2) is 4.77 Å². The highest BCUT2D eigenvalue weighted by Gasteiger charge is 2.01. The molecule has 78 valence electrons. The van der Waals surface area contributed by atoms with Gasteiger partial charge in [-0.2, -0.15) is 0 Å². The van der Waals surface area contributed by atoms with Crippen LogP contribution in [0, 0.1) is 4.77 Å². The third-order valence-electron chi connectivity index (χ3n) is 1.49. The summed E-state index contributed by atoms with van der Waals surface area (Å²) in [5.74, 6) is -0.216. The van der Waals surface area contributed by atoms with Crippen molar-refractivity contribution in [3.05, 3.63) is 4.77 Å². The standard InChI is InChI=1S/C6H11N5O2S/c7-4(12)3-13-2-1-11-5(8)9-10-6(11)14/h1-3H2,(H2,7,12)(H2,8,9)(H,10,14). The van der Waals surface area contributed by atoms with Gasteiger partial charge in [-0.1, -0.05) is 0 Å². The first-order chi connectivity index (χ1) is 6.61. The van der Waals surface area contributed by atoms with Gasteiger partial charge in [-0.25, -0.2) is 5.10 Å². The Balaban J connectivity index is 2.38. The predicted octanol–water partition coefficient (Wildman–Crippen LogP) is -0.975. The summed E-state index contributed by atoms with van der Waals surface area (Å²) in [7, 11) is 0. The van der Waals surface area contributed by atoms with Gasteiger partial charge in [0.05, 0.1) is 13.2 Å². The van der Waals surface area contributed by atoms with Crippen LogP contribution in [0.4, 0.5) is 5.95 Å². The molecule has 0 bridgehead atoms. The molecular weight excluding hydrogens is 206 g/mol. The second-order valence-electron chi connectivity index (χ2n) is 2.56. The number of aromatic amines is 1. The second kappa shape index (κ2) is 4.72. The van der Waals surface area contributed by atoms with E-state index in [9.17, 15) is 4.79 Å². The number of carbonyl (C=O) groups excluding carboxylic acids is 1. The summed E-state index contributed by atoms with van der Waals surface area (Å²) in [6, 6.07) is 0. The van der Waals surface area contributed by atoms with E-state index < -0.39 is 5.91 Å². The molecule has 5 N–H and O–H groups in total. The lowest BCUT2D eigenvalue weighted by atomic mass is 10.6. The fourth-order valence-corrected chi connectivity index (χ4v) is 1.10. The summed E-state index contributed by atoms with van der Waals surface area (Å²) in [4.78, 5) is 10.3. The Labute approximate surface area is 85.0 Å². The Kier molecular flexibility index (Phi) is 3.60. The number of amides is 1. The highest BCUT2D eigenvalue weighted by molar-refractivity contribution is 7.71. The Morgan fingerprint density at radius 3 is 2.93 bits per heavy atom. The largest absolute Gasteiger partial charge is 0.370 e. The summed E-state index contributed by atoms with van der Waals surface area (Å²) >= 11 is 4.89. The molecule has 0 fully saturated rings. The van der Waals surface area contributed by atoms with Crippen molar-refractivity contribution in [1.82, 2.24) is 14.8 Å². The van der Waals surface area contributed by atoms with Crippen LogP contribution in [0.5, 0.6) is 0 Å². The average molecular weight is 217 g/mol. The number of hydrogen-bond acceptors (Lipinski definition) is 5. The topological polar surface area (TPSA) is 112 Å². The van der Waals surface area contributed by atoms with E-state index in [1.54, 1.807) is 4.57 Å². The molecule has 0 aromatic carbocycles. The van der Waals surface area contributed by atoms with Crippen LogP contribution in [0.25, 0.3) is 0 Å². The zero-order valence-electron chi connectivity index (χ0n) is 7.40. The number of rotatable bonds is 5. The van der Waals surface area contributed by atoms with Gasteiger partial charge in [0.1, 0.15) is 6.61 Å². The number of ether oxygens (including phenoxy) is 1. The molecule has 1 heterocycles. The number of nitrogens with two attached hydrogens (primary N) is 2. The van der Waals surface area contributed by atoms with Crippen LogP contribution in [0.2, 0.25) is 0 Å². The lowest BCUT2D eigenvalue weighted by molar-refractivity contribution is -0.122. The number of nitrogens with one attached hydrogen (secondary N) is 1. The molecule has 1 amide bonds. The quantitative estimate of drug-likeness (QED) is 0.433. The molecule has 1 aromatic rings. The van der Waals surface area contributed by atoms with Gasteiger partial charge in [-0.3, -0.25) is 9.36 Å². The second-order valence-corrected chi connectivity index (χ2v) is 2.94. The maximum absolute atomic E-state index is 10.3. The monoisotopic (exact) mass is 217 g/mol. The van der Waals surface area contributed by atoms with Gasteiger partial charge in [-0.05, 0) is 12.2 Å². The van der Waals surface area contributed by atoms with Gasteiger partial charge < -0.3 is 16.2 Å². The molecule has 0 saturated carbocycles. The summed E-state index contributed by atoms with van der Waals surface area (Å²) in [5.41, 5.74) is 10.4. The summed E-state index contributed by atoms with van der Waals surface area (Å²) in [6.07, 6.45) is 0. The van der Waals surface area contributed by atoms with Crippen LogP contribution in [-0.2, 0) is 16.1 Å². The smallest absolute Gasteiger partial charge is 0.243 e. The molecule has 1 aromatic heterocycles. The Hall–Kier alpha value is -1.41. The number of hydrogen-bond donors (Lipinski definition) is 3. The van der Waals surface area contributed by atoms with Crippen molar-refractivity contribution in [2.75, 3.05) is 18.9 Å². The number of primary amides is 1. The van der Waals surface area contributed by atoms with E-state index in [0.717, 1.165) is 0 Å². The Morgan fingerprint density at radius 2 is 2.43 bits per heavy atom. The van der Waals surface area contributed by atoms with Crippen molar-refractivity contribution < 1.29 is 9.53 Å². The van der Waals surface area contributed by atoms with E-state index in [2.05, 4.69) is 10.2 Å². The van der Waals surface area contributed by atoms with E-state index in [-0.39, 0.29) is 12.6 Å². The first-order valence-electron chi connectivity index (χ1n) is 3.88. The van der Waals surface area contributed by atoms with Gasteiger partial charge in [-0.15, -0.1) is 5.10 Å². The van der Waals surface area contributed by atoms with Gasteiger partial charge in [0, 0.05) is 0 Å². The van der Waals surface area contributed by atoms with E-state index in [4.69, 9.17) is 28.4 Å². The number of H-pyrrole nitrogens is 1. The van der Waals surface area contributed by atoms with Crippen LogP contribution in [0.15, 0.2) is 0 Å². The van der Waals surface area contributed by atoms with Crippen LogP contribution in [0.1, 0.15) is 0 Å². The molecule has 0 spiro atoms. The minimum absolute atomic E-state index is 0.106. The Morgan fingerprint density at radius 1 is 1.71 bits per heavy atom. The molecule has 1 rings (SSSR count). The van der Waals surface area contributed by atoms with Crippen LogP contribution in [0.3, 0.4) is 0 Å². The van der Waals surface area contributed by atoms with Crippen molar-refractivity contribution >= 4 is 24.1 Å². The fraction of sp³-hybridized carbons (Fsp3) is 0.500. The maximum Gasteiger partial charge on any atom is 0.243 e. The van der Waals surface area contributed by atoms with Crippen molar-refractivity contribution in [2.24, 2.45) is 5.73 Å². The molecule has 0 unspecified atom stereocenters. The van der Waals surface area contributed by atoms with E-state index in [0.29, 0.717) is 17.9 Å². The van der Waals surface area contributed by atoms with Gasteiger partial charge >= 0.3 is 0 Å². The van der Waals surface area contributed by atoms with Crippen molar-refractivity contribution in [3.63, 3.8) is 0 Å². The molecule has 0 saturated heterocycles. The van der Waals surface area contributed by atoms with E-state index >= 15 is 0 Å². The lowest BCUT2D eigenvalue weighted by Gasteiger charge is -2.03. The van der Waals surface area contributed by atoms with E-state index in [1.165, 1.54) is 0 Å². The highest BCUT2D eigenvalue weighted by Crippen LogP contribution is 1.98. The number of carbonyl (C=O) groups is 1. The number of nitrogens with zero attached hydrogens (tertiary/aromatic N) is 2. The molecular formula is C6H11N5O2S. The zero-order valence-corrected chi connectivity index (χ0v) is 8.21. The average Bonchev–Trinajstić information content (AvgIpc) is 2.42. The zero-order chi connectivity index (χ0) is 10.6. The maximum atomic E-state index is 10.3. The minimum Gasteiger partial charge on any atom is -0.370 e. The predicted molar refractivity (Wildman–Crippen MR) is 51.8 cm³/mol. The van der Waals surface area contributed by atoms with Crippen LogP contribution >= 0.6 is 12.2 Å². The fourth-order valence-electron chi connectivity index (χ4n) is 0.875. The minimum atomic E-state index is -0.506. The normalized spacial score (nSPS) is 10.3. The summed E-state index contributed by atoms with van der Waals surface area (Å²) < 4.78 is 6.93. The van der Waals surface area contributed by atoms with Crippen molar-refractivity contribution in [1.29, 1.82) is 0 Å². The van der Waals surface area contributed by atoms with Crippen molar-refractivity contribution in [3.8, 4) is 0 Å². The molecule has 0 aliphatic rings. The van der Waals surface area contributed by atoms with E-state index in [1.807, 2.05) is 0 Å². The first kappa shape index (κ1) is 10.7. The molecule has 8 heteroatoms. The van der Waals surface area contributed by atoms with Crippen LogP contribution in [-0.4, -0.2) is 33.9 Å². The SMILES string of the molecule is NC(=O)COCCn1c(N)n[nH]c1=S. The summed E-state index contributed by atoms with van der Waals surface area (Å²) in [6.45, 7) is 0.639. The van der Waals surface area contributed by atoms with Crippen molar-refractivity contribution in [2.45, 2.75) is 6.54 Å². The first-order valence-corrected chi connectivity index (χ1v) is 4.29. The summed E-state index contributed by atoms with van der Waals surface area (Å²) in [5, 5.41) is 6.24. The Bertz CT molecular complexity index is 371. The van der Waals surface area contributed by atoms with Gasteiger partial charge in [0.25, 0.3) is 0 Å². The number of anilines is 1. The van der Waals surface area contributed by atoms with Gasteiger partial charge in [0.2, 0.25) is 11.9 Å². The molecule has 0 radical (unpaired) electrons. The molecule has 14 heavy (non-hydrogen) atoms. The lowest BCUT2D eigenvalue weighted by Crippen LogP contribution is -2.20. The highest BCUT2D eigenvalue weighted by atomic mass is 32.1. The molecule has 0 aliphatic carbocycles. The third kappa shape index (κ3) is 2.82. The van der Waals surface area contributed by atoms with Crippen LogP contribution < -0.4 is 11.5 Å². The molecule has 0 aliphatic heterocycles. The molecule has 7 nitrogen and oxygen atoms in total.